The number of benzene rings is 2. The summed E-state index contributed by atoms with van der Waals surface area (Å²) in [6.45, 7) is 1.81. The summed E-state index contributed by atoms with van der Waals surface area (Å²) < 4.78 is 59.8. The summed E-state index contributed by atoms with van der Waals surface area (Å²) in [7, 11) is 0. The van der Waals surface area contributed by atoms with Gasteiger partial charge in [-0.2, -0.15) is 13.2 Å². The molecule has 0 amide bonds. The number of carboxylic acids is 1. The maximum atomic E-state index is 13.9. The molecule has 3 rings (SSSR count). The minimum atomic E-state index is -4.61. The summed E-state index contributed by atoms with van der Waals surface area (Å²) in [5.41, 5.74) is 2.28. The Morgan fingerprint density at radius 3 is 2.57 bits per heavy atom. The van der Waals surface area contributed by atoms with E-state index < -0.39 is 17.7 Å². The molecule has 7 heteroatoms. The van der Waals surface area contributed by atoms with Crippen LogP contribution in [0.15, 0.2) is 42.0 Å². The lowest BCUT2D eigenvalue weighted by atomic mass is 10.0. The van der Waals surface area contributed by atoms with Crippen LogP contribution in [0.2, 0.25) is 0 Å². The highest BCUT2D eigenvalue weighted by Gasteiger charge is 2.34. The average Bonchev–Trinajstić information content (AvgIpc) is 3.15. The number of rotatable bonds is 7. The molecule has 160 valence electrons. The second-order valence-corrected chi connectivity index (χ2v) is 7.40. The lowest BCUT2D eigenvalue weighted by molar-refractivity contribution is -0.140. The van der Waals surface area contributed by atoms with Crippen molar-refractivity contribution in [3.05, 3.63) is 70.0 Å². The highest BCUT2D eigenvalue weighted by atomic mass is 19.4. The van der Waals surface area contributed by atoms with E-state index in [1.807, 2.05) is 6.07 Å². The normalized spacial score (nSPS) is 14.3. The molecule has 30 heavy (non-hydrogen) atoms. The number of ether oxygens (including phenoxy) is 1. The summed E-state index contributed by atoms with van der Waals surface area (Å²) in [4.78, 5) is 10.7. The first-order valence-electron chi connectivity index (χ1n) is 9.67. The number of aryl methyl sites for hydroxylation is 2. The van der Waals surface area contributed by atoms with Crippen molar-refractivity contribution in [2.24, 2.45) is 0 Å². The van der Waals surface area contributed by atoms with Crippen molar-refractivity contribution < 1.29 is 32.2 Å². The smallest absolute Gasteiger partial charge is 0.416 e. The predicted octanol–water partition coefficient (Wildman–Crippen LogP) is 6.19. The first-order chi connectivity index (χ1) is 14.1. The summed E-state index contributed by atoms with van der Waals surface area (Å²) in [6, 6.07) is 8.64. The second kappa shape index (κ2) is 8.90. The van der Waals surface area contributed by atoms with Gasteiger partial charge in [-0.1, -0.05) is 18.2 Å². The van der Waals surface area contributed by atoms with Crippen molar-refractivity contribution in [2.45, 2.75) is 45.2 Å². The van der Waals surface area contributed by atoms with Crippen LogP contribution in [0.25, 0.3) is 5.57 Å². The number of alkyl halides is 3. The molecule has 1 N–H and O–H groups in total. The highest BCUT2D eigenvalue weighted by Crippen LogP contribution is 2.37. The minimum absolute atomic E-state index is 0.0650. The minimum Gasteiger partial charge on any atom is -0.489 e. The first kappa shape index (κ1) is 21.9. The third kappa shape index (κ3) is 5.20. The van der Waals surface area contributed by atoms with E-state index >= 15 is 0 Å². The molecule has 0 heterocycles. The molecule has 0 fully saturated rings. The van der Waals surface area contributed by atoms with Crippen LogP contribution in [0.4, 0.5) is 17.6 Å². The Labute approximate surface area is 172 Å². The molecule has 0 aliphatic heterocycles. The largest absolute Gasteiger partial charge is 0.489 e. The Morgan fingerprint density at radius 2 is 1.90 bits per heavy atom. The Balaban J connectivity index is 1.80. The maximum absolute atomic E-state index is 13.9. The molecule has 0 unspecified atom stereocenters. The molecule has 1 aliphatic carbocycles. The van der Waals surface area contributed by atoms with Crippen molar-refractivity contribution >= 4 is 11.5 Å². The van der Waals surface area contributed by atoms with Gasteiger partial charge >= 0.3 is 12.1 Å². The molecule has 0 aromatic heterocycles. The molecular weight excluding hydrogens is 400 g/mol. The summed E-state index contributed by atoms with van der Waals surface area (Å²) >= 11 is 0. The molecule has 3 nitrogen and oxygen atoms in total. The lowest BCUT2D eigenvalue weighted by Crippen LogP contribution is -2.11. The van der Waals surface area contributed by atoms with Gasteiger partial charge in [0, 0.05) is 6.42 Å². The van der Waals surface area contributed by atoms with Crippen LogP contribution >= 0.6 is 0 Å². The standard InChI is InChI=1S/C23H22F4O3/c1-14-5-6-16(11-21(14)24)19-4-2-3-17(19)13-30-18-9-7-15(8-10-22(28)29)20(12-18)23(25,26)27/h5-7,9,11-12H,2-4,8,10,13H2,1H3,(H,28,29). The van der Waals surface area contributed by atoms with E-state index in [2.05, 4.69) is 0 Å². The van der Waals surface area contributed by atoms with E-state index in [4.69, 9.17) is 9.84 Å². The van der Waals surface area contributed by atoms with Crippen molar-refractivity contribution in [2.75, 3.05) is 6.61 Å². The molecule has 0 radical (unpaired) electrons. The number of allylic oxidation sites excluding steroid dienone is 1. The van der Waals surface area contributed by atoms with Crippen LogP contribution in [-0.4, -0.2) is 17.7 Å². The fourth-order valence-corrected chi connectivity index (χ4v) is 3.63. The van der Waals surface area contributed by atoms with E-state index in [0.717, 1.165) is 42.0 Å². The van der Waals surface area contributed by atoms with Gasteiger partial charge in [-0.25, -0.2) is 4.39 Å². The molecule has 0 spiro atoms. The van der Waals surface area contributed by atoms with Gasteiger partial charge in [0.15, 0.2) is 0 Å². The Morgan fingerprint density at radius 1 is 1.13 bits per heavy atom. The lowest BCUT2D eigenvalue weighted by Gasteiger charge is -2.16. The highest BCUT2D eigenvalue weighted by molar-refractivity contribution is 5.71. The third-order valence-electron chi connectivity index (χ3n) is 5.26. The zero-order valence-corrected chi connectivity index (χ0v) is 16.5. The zero-order chi connectivity index (χ0) is 21.9. The van der Waals surface area contributed by atoms with Crippen LogP contribution in [0.1, 0.15) is 47.9 Å². The van der Waals surface area contributed by atoms with Crippen molar-refractivity contribution in [1.82, 2.24) is 0 Å². The predicted molar refractivity (Wildman–Crippen MR) is 105 cm³/mol. The first-order valence-corrected chi connectivity index (χ1v) is 9.67. The van der Waals surface area contributed by atoms with Crippen molar-refractivity contribution in [3.8, 4) is 5.75 Å². The average molecular weight is 422 g/mol. The zero-order valence-electron chi connectivity index (χ0n) is 16.5. The number of aliphatic carboxylic acids is 1. The van der Waals surface area contributed by atoms with Crippen LogP contribution in [0.5, 0.6) is 5.75 Å². The van der Waals surface area contributed by atoms with Gasteiger partial charge in [-0.3, -0.25) is 4.79 Å². The van der Waals surface area contributed by atoms with Crippen LogP contribution in [0.3, 0.4) is 0 Å². The maximum Gasteiger partial charge on any atom is 0.416 e. The molecule has 0 saturated heterocycles. The molecule has 2 aromatic rings. The van der Waals surface area contributed by atoms with E-state index in [-0.39, 0.29) is 36.6 Å². The van der Waals surface area contributed by atoms with Crippen molar-refractivity contribution in [3.63, 3.8) is 0 Å². The number of carbonyl (C=O) groups is 1. The second-order valence-electron chi connectivity index (χ2n) is 7.40. The van der Waals surface area contributed by atoms with E-state index in [1.165, 1.54) is 18.2 Å². The van der Waals surface area contributed by atoms with Gasteiger partial charge in [0.05, 0.1) is 5.56 Å². The topological polar surface area (TPSA) is 46.5 Å². The fourth-order valence-electron chi connectivity index (χ4n) is 3.63. The molecular formula is C23H22F4O3. The molecule has 0 atom stereocenters. The van der Waals surface area contributed by atoms with Gasteiger partial charge < -0.3 is 9.84 Å². The SMILES string of the molecule is Cc1ccc(C2=C(COc3ccc(CCC(=O)O)c(C(F)(F)F)c3)CCC2)cc1F. The van der Waals surface area contributed by atoms with E-state index in [0.29, 0.717) is 5.56 Å². The molecule has 2 aromatic carbocycles. The van der Waals surface area contributed by atoms with E-state index in [9.17, 15) is 22.4 Å². The number of halogens is 4. The van der Waals surface area contributed by atoms with Gasteiger partial charge in [0.1, 0.15) is 18.2 Å². The Kier molecular flexibility index (Phi) is 6.48. The molecule has 1 aliphatic rings. The quantitative estimate of drug-likeness (QED) is 0.542. The number of hydrogen-bond donors (Lipinski definition) is 1. The van der Waals surface area contributed by atoms with Gasteiger partial charge in [0.25, 0.3) is 0 Å². The number of hydrogen-bond acceptors (Lipinski definition) is 2. The monoisotopic (exact) mass is 422 g/mol. The third-order valence-corrected chi connectivity index (χ3v) is 5.26. The summed E-state index contributed by atoms with van der Waals surface area (Å²) in [6.07, 6.45) is -2.81. The van der Waals surface area contributed by atoms with Crippen LogP contribution in [-0.2, 0) is 17.4 Å². The van der Waals surface area contributed by atoms with Crippen LogP contribution in [0, 0.1) is 12.7 Å². The Bertz CT molecular complexity index is 977. The Hall–Kier alpha value is -2.83. The summed E-state index contributed by atoms with van der Waals surface area (Å²) in [5.74, 6) is -1.38. The van der Waals surface area contributed by atoms with E-state index in [1.54, 1.807) is 13.0 Å². The molecule has 0 saturated carbocycles. The van der Waals surface area contributed by atoms with Crippen LogP contribution < -0.4 is 4.74 Å². The van der Waals surface area contributed by atoms with Gasteiger partial charge in [0.2, 0.25) is 0 Å². The fraction of sp³-hybridized carbons (Fsp3) is 0.348. The van der Waals surface area contributed by atoms with Gasteiger partial charge in [-0.05, 0) is 78.6 Å². The van der Waals surface area contributed by atoms with Crippen molar-refractivity contribution in [1.29, 1.82) is 0 Å². The molecule has 0 bridgehead atoms. The number of carboxylic acid groups (broad SMARTS) is 1. The van der Waals surface area contributed by atoms with Gasteiger partial charge in [-0.15, -0.1) is 0 Å². The summed E-state index contributed by atoms with van der Waals surface area (Å²) in [5, 5.41) is 8.75.